The van der Waals surface area contributed by atoms with E-state index in [-0.39, 0.29) is 0 Å². The third-order valence-corrected chi connectivity index (χ3v) is 5.58. The summed E-state index contributed by atoms with van der Waals surface area (Å²) in [6.45, 7) is 3.56. The summed E-state index contributed by atoms with van der Waals surface area (Å²) in [4.78, 5) is 16.1. The highest BCUT2D eigenvalue weighted by molar-refractivity contribution is 6.31. The molecule has 0 aliphatic heterocycles. The highest BCUT2D eigenvalue weighted by atomic mass is 35.5. The van der Waals surface area contributed by atoms with Crippen molar-refractivity contribution in [1.29, 1.82) is 0 Å². The number of hydrogen-bond acceptors (Lipinski definition) is 4. The molecule has 4 aromatic rings. The first-order chi connectivity index (χ1) is 16.3. The average molecular weight is 473 g/mol. The second-order valence-corrected chi connectivity index (χ2v) is 8.85. The van der Waals surface area contributed by atoms with Crippen molar-refractivity contribution in [2.24, 2.45) is 0 Å². The van der Waals surface area contributed by atoms with Gasteiger partial charge < -0.3 is 15.2 Å². The molecule has 5 nitrogen and oxygen atoms in total. The highest BCUT2D eigenvalue weighted by Crippen LogP contribution is 2.25. The highest BCUT2D eigenvalue weighted by Gasteiger charge is 2.30. The molecular weight excluding hydrogens is 448 g/mol. The lowest BCUT2D eigenvalue weighted by atomic mass is 10.1. The summed E-state index contributed by atoms with van der Waals surface area (Å²) >= 11 is 6.09. The minimum Gasteiger partial charge on any atom is -0.478 e. The fourth-order valence-electron chi connectivity index (χ4n) is 3.40. The molecule has 6 heteroatoms. The predicted molar refractivity (Wildman–Crippen MR) is 138 cm³/mol. The Kier molecular flexibility index (Phi) is 6.85. The fraction of sp³-hybridized carbons (Fsp3) is 0.143. The predicted octanol–water partition coefficient (Wildman–Crippen LogP) is 6.91. The van der Waals surface area contributed by atoms with Crippen molar-refractivity contribution in [3.05, 3.63) is 101 Å². The van der Waals surface area contributed by atoms with E-state index in [1.807, 2.05) is 84.9 Å². The van der Waals surface area contributed by atoms with Gasteiger partial charge in [0.1, 0.15) is 5.75 Å². The number of anilines is 1. The normalized spacial score (nSPS) is 11.6. The van der Waals surface area contributed by atoms with E-state index in [4.69, 9.17) is 16.3 Å². The maximum absolute atomic E-state index is 11.4. The lowest BCUT2D eigenvalue weighted by Gasteiger charge is -2.23. The summed E-state index contributed by atoms with van der Waals surface area (Å²) in [6, 6.07) is 25.1. The molecule has 0 atom stereocenters. The summed E-state index contributed by atoms with van der Waals surface area (Å²) in [7, 11) is 0. The van der Waals surface area contributed by atoms with Crippen LogP contribution in [0.25, 0.3) is 23.1 Å². The number of carbonyl (C=O) groups is 1. The van der Waals surface area contributed by atoms with Crippen molar-refractivity contribution in [1.82, 2.24) is 4.98 Å². The van der Waals surface area contributed by atoms with E-state index in [2.05, 4.69) is 10.3 Å². The Morgan fingerprint density at radius 1 is 1.03 bits per heavy atom. The number of ether oxygens (including phenoxy) is 1. The minimum atomic E-state index is -1.32. The minimum absolute atomic E-state index is 0.492. The molecular formula is C28H25ClN2O3. The van der Waals surface area contributed by atoms with Crippen LogP contribution in [0.15, 0.2) is 78.9 Å². The van der Waals surface area contributed by atoms with Crippen molar-refractivity contribution in [2.45, 2.75) is 26.0 Å². The van der Waals surface area contributed by atoms with Gasteiger partial charge in [-0.3, -0.25) is 0 Å². The molecule has 0 fully saturated rings. The molecule has 0 radical (unpaired) electrons. The summed E-state index contributed by atoms with van der Waals surface area (Å²) in [5, 5.41) is 14.5. The Morgan fingerprint density at radius 3 is 2.65 bits per heavy atom. The maximum atomic E-state index is 11.4. The molecule has 2 N–H and O–H groups in total. The number of carboxylic acids is 1. The number of nitrogens with zero attached hydrogens (tertiary/aromatic N) is 1. The number of halogens is 1. The SMILES string of the molecule is CC(C)(Oc1ccccc1CNc1cccc(C=Cc2ccc3ccc(Cl)cc3n2)c1)C(=O)O. The van der Waals surface area contributed by atoms with Gasteiger partial charge in [-0.1, -0.05) is 60.1 Å². The maximum Gasteiger partial charge on any atom is 0.347 e. The van der Waals surface area contributed by atoms with Crippen molar-refractivity contribution in [3.63, 3.8) is 0 Å². The molecule has 1 aromatic heterocycles. The number of pyridine rings is 1. The zero-order chi connectivity index (χ0) is 24.1. The van der Waals surface area contributed by atoms with Gasteiger partial charge in [0, 0.05) is 28.2 Å². The van der Waals surface area contributed by atoms with E-state index in [1.54, 1.807) is 6.07 Å². The van der Waals surface area contributed by atoms with Crippen molar-refractivity contribution >= 4 is 46.3 Å². The van der Waals surface area contributed by atoms with Gasteiger partial charge in [0.25, 0.3) is 0 Å². The van der Waals surface area contributed by atoms with Crippen LogP contribution in [0.5, 0.6) is 5.75 Å². The average Bonchev–Trinajstić information content (AvgIpc) is 2.82. The van der Waals surface area contributed by atoms with Gasteiger partial charge in [-0.05, 0) is 61.9 Å². The van der Waals surface area contributed by atoms with Crippen LogP contribution >= 0.6 is 11.6 Å². The van der Waals surface area contributed by atoms with Crippen LogP contribution in [0.4, 0.5) is 5.69 Å². The Labute approximate surface area is 203 Å². The van der Waals surface area contributed by atoms with Crippen LogP contribution in [0.3, 0.4) is 0 Å². The number of carboxylic acid groups (broad SMARTS) is 1. The zero-order valence-electron chi connectivity index (χ0n) is 19.0. The number of rotatable bonds is 8. The van der Waals surface area contributed by atoms with E-state index >= 15 is 0 Å². The molecule has 0 saturated carbocycles. The van der Waals surface area contributed by atoms with Gasteiger partial charge >= 0.3 is 5.97 Å². The first-order valence-corrected chi connectivity index (χ1v) is 11.3. The van der Waals surface area contributed by atoms with Crippen LogP contribution < -0.4 is 10.1 Å². The van der Waals surface area contributed by atoms with Crippen LogP contribution in [-0.4, -0.2) is 21.7 Å². The summed E-state index contributed by atoms with van der Waals surface area (Å²) in [5.74, 6) is -0.473. The lowest BCUT2D eigenvalue weighted by Crippen LogP contribution is -2.38. The van der Waals surface area contributed by atoms with Gasteiger partial charge in [0.15, 0.2) is 5.60 Å². The van der Waals surface area contributed by atoms with E-state index in [1.165, 1.54) is 13.8 Å². The van der Waals surface area contributed by atoms with Gasteiger partial charge in [-0.25, -0.2) is 9.78 Å². The number of hydrogen-bond donors (Lipinski definition) is 2. The topological polar surface area (TPSA) is 71.5 Å². The number of benzene rings is 3. The molecule has 0 amide bonds. The number of aliphatic carboxylic acids is 1. The quantitative estimate of drug-likeness (QED) is 0.291. The second kappa shape index (κ2) is 9.98. The number of nitrogens with one attached hydrogen (secondary N) is 1. The molecule has 0 spiro atoms. The van der Waals surface area contributed by atoms with Crippen molar-refractivity contribution in [3.8, 4) is 5.75 Å². The largest absolute Gasteiger partial charge is 0.478 e. The molecule has 1 heterocycles. The third kappa shape index (κ3) is 5.74. The Balaban J connectivity index is 1.46. The van der Waals surface area contributed by atoms with Crippen LogP contribution in [0, 0.1) is 0 Å². The molecule has 34 heavy (non-hydrogen) atoms. The summed E-state index contributed by atoms with van der Waals surface area (Å²) < 4.78 is 5.77. The van der Waals surface area contributed by atoms with Gasteiger partial charge in [0.2, 0.25) is 0 Å². The summed E-state index contributed by atoms with van der Waals surface area (Å²) in [5.41, 5.74) is 3.22. The standard InChI is InChI=1S/C28H25ClN2O3/c1-28(2,27(32)33)34-26-9-4-3-7-21(26)18-30-24-8-5-6-19(16-24)10-14-23-15-12-20-11-13-22(29)17-25(20)31-23/h3-17,30H,18H2,1-2H3,(H,32,33). The fourth-order valence-corrected chi connectivity index (χ4v) is 3.56. The van der Waals surface area contributed by atoms with Crippen molar-refractivity contribution < 1.29 is 14.6 Å². The molecule has 0 aliphatic rings. The molecule has 172 valence electrons. The van der Waals surface area contributed by atoms with Gasteiger partial charge in [0.05, 0.1) is 11.2 Å². The van der Waals surface area contributed by atoms with Gasteiger partial charge in [-0.2, -0.15) is 0 Å². The number of fused-ring (bicyclic) bond motifs is 1. The number of para-hydroxylation sites is 1. The smallest absolute Gasteiger partial charge is 0.347 e. The first kappa shape index (κ1) is 23.3. The van der Waals surface area contributed by atoms with Crippen LogP contribution in [-0.2, 0) is 11.3 Å². The molecule has 0 bridgehead atoms. The summed E-state index contributed by atoms with van der Waals surface area (Å²) in [6.07, 6.45) is 3.98. The second-order valence-electron chi connectivity index (χ2n) is 8.41. The molecule has 0 aliphatic carbocycles. The molecule has 4 rings (SSSR count). The molecule has 0 saturated heterocycles. The van der Waals surface area contributed by atoms with E-state index in [0.29, 0.717) is 17.3 Å². The third-order valence-electron chi connectivity index (χ3n) is 5.34. The first-order valence-electron chi connectivity index (χ1n) is 10.9. The number of aromatic nitrogens is 1. The van der Waals surface area contributed by atoms with Crippen LogP contribution in [0.1, 0.15) is 30.7 Å². The Bertz CT molecular complexity index is 1360. The molecule has 3 aromatic carbocycles. The van der Waals surface area contributed by atoms with Crippen LogP contribution in [0.2, 0.25) is 5.02 Å². The monoisotopic (exact) mass is 472 g/mol. The molecule has 0 unspecified atom stereocenters. The van der Waals surface area contributed by atoms with Crippen molar-refractivity contribution in [2.75, 3.05) is 5.32 Å². The Hall–Kier alpha value is -3.83. The van der Waals surface area contributed by atoms with E-state index < -0.39 is 11.6 Å². The zero-order valence-corrected chi connectivity index (χ0v) is 19.7. The van der Waals surface area contributed by atoms with Gasteiger partial charge in [-0.15, -0.1) is 0 Å². The lowest BCUT2D eigenvalue weighted by molar-refractivity contribution is -0.152. The Morgan fingerprint density at radius 2 is 1.82 bits per heavy atom. The van der Waals surface area contributed by atoms with E-state index in [9.17, 15) is 9.90 Å². The van der Waals surface area contributed by atoms with E-state index in [0.717, 1.165) is 33.4 Å².